The minimum Gasteiger partial charge on any atom is -0.306 e. The van der Waals surface area contributed by atoms with Gasteiger partial charge in [-0.25, -0.2) is 14.6 Å². The van der Waals surface area contributed by atoms with Crippen LogP contribution in [0.15, 0.2) is 40.3 Å². The fourth-order valence-electron chi connectivity index (χ4n) is 2.65. The first-order valence-electron chi connectivity index (χ1n) is 7.05. The van der Waals surface area contributed by atoms with E-state index in [-0.39, 0.29) is 5.56 Å². The quantitative estimate of drug-likeness (QED) is 0.538. The van der Waals surface area contributed by atoms with Crippen molar-refractivity contribution in [2.75, 3.05) is 0 Å². The number of fused-ring (bicyclic) bond motifs is 2. The fourth-order valence-corrected chi connectivity index (χ4v) is 3.24. The molecule has 4 aromatic rings. The number of aryl methyl sites for hydroxylation is 2. The van der Waals surface area contributed by atoms with Crippen LogP contribution in [0.1, 0.15) is 11.3 Å². The van der Waals surface area contributed by atoms with E-state index in [1.165, 1.54) is 6.33 Å². The number of hydrogen-bond acceptors (Lipinski definition) is 4. The number of halogens is 1. The molecule has 0 aliphatic rings. The van der Waals surface area contributed by atoms with E-state index in [4.69, 9.17) is 0 Å². The molecule has 0 atom stereocenters. The summed E-state index contributed by atoms with van der Waals surface area (Å²) >= 11 is 3.32. The van der Waals surface area contributed by atoms with Crippen molar-refractivity contribution >= 4 is 32.6 Å². The van der Waals surface area contributed by atoms with Gasteiger partial charge in [0.05, 0.1) is 12.2 Å². The van der Waals surface area contributed by atoms with Crippen LogP contribution in [0, 0.1) is 6.92 Å². The minimum atomic E-state index is -0.136. The van der Waals surface area contributed by atoms with Crippen molar-refractivity contribution in [2.45, 2.75) is 13.5 Å². The molecule has 0 aromatic carbocycles. The first-order valence-corrected chi connectivity index (χ1v) is 7.84. The maximum atomic E-state index is 12.6. The molecule has 8 heteroatoms. The molecule has 4 rings (SSSR count). The monoisotopic (exact) mass is 372 g/mol. The summed E-state index contributed by atoms with van der Waals surface area (Å²) in [6.45, 7) is 2.39. The molecule has 0 amide bonds. The molecule has 4 aromatic heterocycles. The highest BCUT2D eigenvalue weighted by atomic mass is 79.9. The van der Waals surface area contributed by atoms with Gasteiger partial charge in [0.15, 0.2) is 5.65 Å². The average Bonchev–Trinajstić information content (AvgIpc) is 3.02. The normalized spacial score (nSPS) is 11.6. The van der Waals surface area contributed by atoms with Crippen LogP contribution in [0.4, 0.5) is 0 Å². The summed E-state index contributed by atoms with van der Waals surface area (Å²) in [6, 6.07) is 3.97. The van der Waals surface area contributed by atoms with Crippen LogP contribution in [-0.4, -0.2) is 28.7 Å². The van der Waals surface area contributed by atoms with Crippen molar-refractivity contribution < 1.29 is 0 Å². The van der Waals surface area contributed by atoms with Crippen molar-refractivity contribution in [3.05, 3.63) is 57.1 Å². The van der Waals surface area contributed by atoms with Crippen LogP contribution in [0.25, 0.3) is 16.7 Å². The summed E-state index contributed by atoms with van der Waals surface area (Å²) in [7, 11) is 1.76. The molecule has 0 radical (unpaired) electrons. The predicted molar refractivity (Wildman–Crippen MR) is 89.5 cm³/mol. The van der Waals surface area contributed by atoms with Crippen LogP contribution in [0.2, 0.25) is 0 Å². The zero-order chi connectivity index (χ0) is 16.1. The molecule has 0 N–H and O–H groups in total. The lowest BCUT2D eigenvalue weighted by Gasteiger charge is -2.02. The smallest absolute Gasteiger partial charge is 0.266 e. The van der Waals surface area contributed by atoms with E-state index in [0.29, 0.717) is 22.2 Å². The fraction of sp³-hybridized carbons (Fsp3) is 0.200. The number of aromatic nitrogens is 6. The third-order valence-electron chi connectivity index (χ3n) is 3.75. The second kappa shape index (κ2) is 5.02. The Labute approximate surface area is 139 Å². The Morgan fingerprint density at radius 1 is 1.26 bits per heavy atom. The van der Waals surface area contributed by atoms with Crippen molar-refractivity contribution in [1.82, 2.24) is 28.7 Å². The van der Waals surface area contributed by atoms with E-state index in [0.717, 1.165) is 16.9 Å². The summed E-state index contributed by atoms with van der Waals surface area (Å²) in [5.41, 5.74) is 3.24. The number of pyridine rings is 1. The van der Waals surface area contributed by atoms with Crippen LogP contribution < -0.4 is 5.56 Å². The van der Waals surface area contributed by atoms with Crippen LogP contribution >= 0.6 is 15.9 Å². The molecule has 4 heterocycles. The van der Waals surface area contributed by atoms with Gasteiger partial charge in [-0.2, -0.15) is 5.10 Å². The molecule has 23 heavy (non-hydrogen) atoms. The van der Waals surface area contributed by atoms with Crippen LogP contribution in [-0.2, 0) is 13.6 Å². The highest BCUT2D eigenvalue weighted by Crippen LogP contribution is 2.17. The lowest BCUT2D eigenvalue weighted by Crippen LogP contribution is -2.21. The number of nitrogens with zero attached hydrogens (tertiary/aromatic N) is 6. The molecule has 0 saturated heterocycles. The van der Waals surface area contributed by atoms with Gasteiger partial charge in [0.1, 0.15) is 22.0 Å². The van der Waals surface area contributed by atoms with Gasteiger partial charge in [-0.1, -0.05) is 6.07 Å². The topological polar surface area (TPSA) is 70.0 Å². The van der Waals surface area contributed by atoms with Crippen molar-refractivity contribution in [3.63, 3.8) is 0 Å². The SMILES string of the molecule is Cc1ccc2nc(Cn3cnc4c(c(Br)nn4C)c3=O)cn2c1. The maximum absolute atomic E-state index is 12.6. The van der Waals surface area contributed by atoms with Crippen LogP contribution in [0.3, 0.4) is 0 Å². The van der Waals surface area contributed by atoms with Gasteiger partial charge in [0, 0.05) is 19.4 Å². The van der Waals surface area contributed by atoms with E-state index < -0.39 is 0 Å². The molecule has 0 fully saturated rings. The van der Waals surface area contributed by atoms with Gasteiger partial charge < -0.3 is 4.40 Å². The summed E-state index contributed by atoms with van der Waals surface area (Å²) in [6.07, 6.45) is 5.47. The van der Waals surface area contributed by atoms with Crippen molar-refractivity contribution in [1.29, 1.82) is 0 Å². The lowest BCUT2D eigenvalue weighted by atomic mass is 10.3. The standard InChI is InChI=1S/C15H13BrN6O/c1-9-3-4-11-18-10(6-21(11)5-9)7-22-8-17-14-12(15(22)23)13(16)19-20(14)2/h3-6,8H,7H2,1-2H3. The molecule has 0 unspecified atom stereocenters. The summed E-state index contributed by atoms with van der Waals surface area (Å²) in [5, 5.41) is 4.66. The van der Waals surface area contributed by atoms with E-state index in [1.54, 1.807) is 16.3 Å². The van der Waals surface area contributed by atoms with Gasteiger partial charge in [-0.05, 0) is 34.5 Å². The number of imidazole rings is 1. The summed E-state index contributed by atoms with van der Waals surface area (Å²) in [5.74, 6) is 0. The molecule has 0 spiro atoms. The van der Waals surface area contributed by atoms with Gasteiger partial charge in [-0.3, -0.25) is 9.36 Å². The summed E-state index contributed by atoms with van der Waals surface area (Å²) < 4.78 is 5.59. The Bertz CT molecular complexity index is 1110. The Morgan fingerprint density at radius 2 is 2.09 bits per heavy atom. The largest absolute Gasteiger partial charge is 0.306 e. The zero-order valence-electron chi connectivity index (χ0n) is 12.6. The number of rotatable bonds is 2. The molecular formula is C15H13BrN6O. The second-order valence-corrected chi connectivity index (χ2v) is 6.25. The maximum Gasteiger partial charge on any atom is 0.266 e. The Hall–Kier alpha value is -2.48. The van der Waals surface area contributed by atoms with Crippen LogP contribution in [0.5, 0.6) is 0 Å². The Morgan fingerprint density at radius 3 is 2.91 bits per heavy atom. The Balaban J connectivity index is 1.81. The van der Waals surface area contributed by atoms with E-state index in [1.807, 2.05) is 35.9 Å². The van der Waals surface area contributed by atoms with Gasteiger partial charge >= 0.3 is 0 Å². The second-order valence-electron chi connectivity index (χ2n) is 5.49. The third-order valence-corrected chi connectivity index (χ3v) is 4.30. The van der Waals surface area contributed by atoms with E-state index in [9.17, 15) is 4.79 Å². The molecule has 0 aliphatic heterocycles. The number of hydrogen-bond donors (Lipinski definition) is 0. The average molecular weight is 373 g/mol. The molecule has 0 aliphatic carbocycles. The predicted octanol–water partition coefficient (Wildman–Crippen LogP) is 1.90. The molecule has 116 valence electrons. The highest BCUT2D eigenvalue weighted by molar-refractivity contribution is 9.10. The molecule has 0 saturated carbocycles. The first kappa shape index (κ1) is 14.1. The van der Waals surface area contributed by atoms with Crippen molar-refractivity contribution in [2.24, 2.45) is 7.05 Å². The zero-order valence-corrected chi connectivity index (χ0v) is 14.1. The molecular weight excluding hydrogens is 360 g/mol. The highest BCUT2D eigenvalue weighted by Gasteiger charge is 2.14. The lowest BCUT2D eigenvalue weighted by molar-refractivity contribution is 0.726. The summed E-state index contributed by atoms with van der Waals surface area (Å²) in [4.78, 5) is 21.5. The minimum absolute atomic E-state index is 0.136. The third kappa shape index (κ3) is 2.26. The Kier molecular flexibility index (Phi) is 3.08. The van der Waals surface area contributed by atoms with Gasteiger partial charge in [0.2, 0.25) is 0 Å². The van der Waals surface area contributed by atoms with Gasteiger partial charge in [-0.15, -0.1) is 0 Å². The van der Waals surface area contributed by atoms with E-state index in [2.05, 4.69) is 31.0 Å². The molecule has 0 bridgehead atoms. The molecule has 7 nitrogen and oxygen atoms in total. The van der Waals surface area contributed by atoms with Gasteiger partial charge in [0.25, 0.3) is 5.56 Å². The van der Waals surface area contributed by atoms with Crippen molar-refractivity contribution in [3.8, 4) is 0 Å². The first-order chi connectivity index (χ1) is 11.0. The van der Waals surface area contributed by atoms with E-state index >= 15 is 0 Å².